The van der Waals surface area contributed by atoms with Gasteiger partial charge in [-0.15, -0.1) is 0 Å². The van der Waals surface area contributed by atoms with Gasteiger partial charge in [-0.1, -0.05) is 40.9 Å². The van der Waals surface area contributed by atoms with Gasteiger partial charge in [-0.3, -0.25) is 9.59 Å². The van der Waals surface area contributed by atoms with E-state index in [9.17, 15) is 9.59 Å². The lowest BCUT2D eigenvalue weighted by atomic mass is 10.2. The first-order valence-corrected chi connectivity index (χ1v) is 10.8. The van der Waals surface area contributed by atoms with Crippen LogP contribution in [-0.2, 0) is 6.54 Å². The number of amides is 2. The molecule has 3 rings (SSSR count). The van der Waals surface area contributed by atoms with Crippen LogP contribution in [0.4, 0.5) is 4.39 Å². The Bertz CT molecular complexity index is 1290. The number of hydrogen-bond donors (Lipinski definition) is 4. The molecule has 12 heteroatoms. The van der Waals surface area contributed by atoms with Crippen LogP contribution in [0.1, 0.15) is 32.1 Å². The van der Waals surface area contributed by atoms with Crippen molar-refractivity contribution in [2.45, 2.75) is 6.54 Å². The zero-order valence-corrected chi connectivity index (χ0v) is 19.5. The third-order valence-corrected chi connectivity index (χ3v) is 5.24. The van der Waals surface area contributed by atoms with E-state index in [1.54, 1.807) is 0 Å². The van der Waals surface area contributed by atoms with Gasteiger partial charge in [0.2, 0.25) is 0 Å². The van der Waals surface area contributed by atoms with Crippen LogP contribution < -0.4 is 15.4 Å². The molecule has 0 unspecified atom stereocenters. The zero-order valence-electron chi connectivity index (χ0n) is 17.2. The van der Waals surface area contributed by atoms with E-state index in [2.05, 4.69) is 15.6 Å². The second-order valence-corrected chi connectivity index (χ2v) is 8.06. The number of aliphatic hydroxyl groups is 1. The van der Waals surface area contributed by atoms with Gasteiger partial charge in [0.25, 0.3) is 11.8 Å². The smallest absolute Gasteiger partial charge is 0.269 e. The van der Waals surface area contributed by atoms with E-state index in [1.807, 2.05) is 6.07 Å². The summed E-state index contributed by atoms with van der Waals surface area (Å²) in [6.45, 7) is -0.467. The van der Waals surface area contributed by atoms with E-state index in [1.165, 1.54) is 36.4 Å². The molecule has 176 valence electrons. The first kappa shape index (κ1) is 25.3. The minimum absolute atomic E-state index is 0.0125. The summed E-state index contributed by atoms with van der Waals surface area (Å²) in [6.07, 6.45) is 0. The highest BCUT2D eigenvalue weighted by atomic mass is 35.5. The van der Waals surface area contributed by atoms with Gasteiger partial charge >= 0.3 is 0 Å². The molecule has 0 saturated carbocycles. The fourth-order valence-corrected chi connectivity index (χ4v) is 3.50. The highest BCUT2D eigenvalue weighted by Crippen LogP contribution is 2.35. The number of carbonyl (C=O) groups is 2. The standard InChI is InChI=1S/C22H16Cl3FN4O4/c23-13-5-11(9-27)6-14(7-13)34-20-15(24)2-1-12(18(20)26)10-29-22(33)19-16(25)8-17(30-19)21(32)28-3-4-31/h1-2,5-8,30-31H,3-4,10H2,(H,28,32)(H,29,33). The molecular weight excluding hydrogens is 510 g/mol. The van der Waals surface area contributed by atoms with Crippen LogP contribution in [0.5, 0.6) is 11.5 Å². The number of aromatic nitrogens is 1. The van der Waals surface area contributed by atoms with E-state index >= 15 is 4.39 Å². The van der Waals surface area contributed by atoms with Gasteiger partial charge in [0.1, 0.15) is 17.1 Å². The minimum Gasteiger partial charge on any atom is -0.453 e. The predicted molar refractivity (Wildman–Crippen MR) is 124 cm³/mol. The highest BCUT2D eigenvalue weighted by molar-refractivity contribution is 6.34. The molecule has 0 atom stereocenters. The van der Waals surface area contributed by atoms with Crippen LogP contribution in [0.25, 0.3) is 0 Å². The number of aromatic amines is 1. The van der Waals surface area contributed by atoms with E-state index in [4.69, 9.17) is 49.9 Å². The van der Waals surface area contributed by atoms with Gasteiger partial charge < -0.3 is 25.5 Å². The van der Waals surface area contributed by atoms with Crippen molar-refractivity contribution in [2.75, 3.05) is 13.2 Å². The Morgan fingerprint density at radius 2 is 1.85 bits per heavy atom. The molecule has 0 bridgehead atoms. The Labute approximate surface area is 208 Å². The van der Waals surface area contributed by atoms with Crippen LogP contribution in [0, 0.1) is 17.1 Å². The van der Waals surface area contributed by atoms with Gasteiger partial charge in [0.05, 0.1) is 28.3 Å². The third kappa shape index (κ3) is 5.98. The largest absolute Gasteiger partial charge is 0.453 e. The topological polar surface area (TPSA) is 127 Å². The van der Waals surface area contributed by atoms with Gasteiger partial charge in [-0.05, 0) is 30.3 Å². The monoisotopic (exact) mass is 524 g/mol. The summed E-state index contributed by atoms with van der Waals surface area (Å²) in [5.74, 6) is -2.26. The Balaban J connectivity index is 1.75. The molecule has 8 nitrogen and oxygen atoms in total. The van der Waals surface area contributed by atoms with E-state index < -0.39 is 17.6 Å². The SMILES string of the molecule is N#Cc1cc(Cl)cc(Oc2c(Cl)ccc(CNC(=O)c3[nH]c(C(=O)NCCO)cc3Cl)c2F)c1. The molecular formula is C22H16Cl3FN4O4. The maximum absolute atomic E-state index is 15.1. The van der Waals surface area contributed by atoms with Crippen molar-refractivity contribution in [3.63, 3.8) is 0 Å². The quantitative estimate of drug-likeness (QED) is 0.346. The molecule has 1 aromatic heterocycles. The maximum atomic E-state index is 15.1. The van der Waals surface area contributed by atoms with Gasteiger partial charge in [0.15, 0.2) is 11.6 Å². The van der Waals surface area contributed by atoms with Crippen molar-refractivity contribution in [3.8, 4) is 17.6 Å². The molecule has 0 spiro atoms. The lowest BCUT2D eigenvalue weighted by molar-refractivity contribution is 0.0939. The summed E-state index contributed by atoms with van der Waals surface area (Å²) in [5.41, 5.74) is 0.202. The molecule has 4 N–H and O–H groups in total. The number of nitriles is 1. The summed E-state index contributed by atoms with van der Waals surface area (Å²) in [7, 11) is 0. The molecule has 3 aromatic rings. The van der Waals surface area contributed by atoms with Gasteiger partial charge in [0, 0.05) is 23.7 Å². The molecule has 0 aliphatic heterocycles. The number of halogens is 4. The average Bonchev–Trinajstić information content (AvgIpc) is 3.20. The number of nitrogens with zero attached hydrogens (tertiary/aromatic N) is 1. The minimum atomic E-state index is -0.826. The number of aliphatic hydroxyl groups excluding tert-OH is 1. The van der Waals surface area contributed by atoms with Crippen molar-refractivity contribution >= 4 is 46.6 Å². The number of H-pyrrole nitrogens is 1. The Hall–Kier alpha value is -3.29. The number of carbonyl (C=O) groups excluding carboxylic acids is 2. The first-order valence-electron chi connectivity index (χ1n) is 9.64. The summed E-state index contributed by atoms with van der Waals surface area (Å²) in [5, 5.41) is 23.0. The number of ether oxygens (including phenoxy) is 1. The molecule has 1 heterocycles. The van der Waals surface area contributed by atoms with Gasteiger partial charge in [-0.25, -0.2) is 4.39 Å². The van der Waals surface area contributed by atoms with Crippen LogP contribution in [0.3, 0.4) is 0 Å². The van der Waals surface area contributed by atoms with Crippen LogP contribution in [0.15, 0.2) is 36.4 Å². The first-order chi connectivity index (χ1) is 16.2. The van der Waals surface area contributed by atoms with Crippen molar-refractivity contribution < 1.29 is 23.8 Å². The molecule has 2 aromatic carbocycles. The second-order valence-electron chi connectivity index (χ2n) is 6.81. The van der Waals surface area contributed by atoms with E-state index in [0.717, 1.165) is 0 Å². The Morgan fingerprint density at radius 1 is 1.09 bits per heavy atom. The normalized spacial score (nSPS) is 10.5. The van der Waals surface area contributed by atoms with Crippen molar-refractivity contribution in [3.05, 3.63) is 79.8 Å². The van der Waals surface area contributed by atoms with Crippen molar-refractivity contribution in [1.29, 1.82) is 5.26 Å². The summed E-state index contributed by atoms with van der Waals surface area (Å²) in [6, 6.07) is 10.1. The summed E-state index contributed by atoms with van der Waals surface area (Å²) in [4.78, 5) is 27.1. The number of benzene rings is 2. The van der Waals surface area contributed by atoms with Gasteiger partial charge in [-0.2, -0.15) is 5.26 Å². The molecule has 0 aliphatic carbocycles. The number of nitrogens with one attached hydrogen (secondary N) is 3. The van der Waals surface area contributed by atoms with Crippen LogP contribution in [0.2, 0.25) is 15.1 Å². The highest BCUT2D eigenvalue weighted by Gasteiger charge is 2.20. The van der Waals surface area contributed by atoms with Crippen molar-refractivity contribution in [2.24, 2.45) is 0 Å². The number of hydrogen-bond acceptors (Lipinski definition) is 5. The summed E-state index contributed by atoms with van der Waals surface area (Å²) < 4.78 is 20.6. The van der Waals surface area contributed by atoms with E-state index in [-0.39, 0.29) is 68.8 Å². The van der Waals surface area contributed by atoms with Crippen LogP contribution >= 0.6 is 34.8 Å². The Morgan fingerprint density at radius 3 is 2.56 bits per heavy atom. The predicted octanol–water partition coefficient (Wildman–Crippen LogP) is 4.43. The van der Waals surface area contributed by atoms with Crippen LogP contribution in [-0.4, -0.2) is 35.1 Å². The fourth-order valence-electron chi connectivity index (χ4n) is 2.85. The zero-order chi connectivity index (χ0) is 24.8. The Kier molecular flexibility index (Phi) is 8.36. The molecule has 0 fully saturated rings. The average molecular weight is 526 g/mol. The summed E-state index contributed by atoms with van der Waals surface area (Å²) >= 11 is 18.1. The molecule has 0 aliphatic rings. The fraction of sp³-hybridized carbons (Fsp3) is 0.136. The number of rotatable bonds is 8. The molecule has 0 saturated heterocycles. The maximum Gasteiger partial charge on any atom is 0.269 e. The molecule has 0 radical (unpaired) electrons. The lowest BCUT2D eigenvalue weighted by Gasteiger charge is -2.13. The third-order valence-electron chi connectivity index (χ3n) is 4.43. The molecule has 34 heavy (non-hydrogen) atoms. The molecule has 2 amide bonds. The second kappa shape index (κ2) is 11.2. The van der Waals surface area contributed by atoms with E-state index in [0.29, 0.717) is 0 Å². The van der Waals surface area contributed by atoms with Crippen molar-refractivity contribution in [1.82, 2.24) is 15.6 Å². The lowest BCUT2D eigenvalue weighted by Crippen LogP contribution is -2.27.